The van der Waals surface area contributed by atoms with Crippen LogP contribution in [0.15, 0.2) is 59.1 Å². The average Bonchev–Trinajstić information content (AvgIpc) is 3.37. The number of fused-ring (bicyclic) bond motifs is 3. The minimum atomic E-state index is -4.18. The third-order valence-electron chi connectivity index (χ3n) is 7.91. The van der Waals surface area contributed by atoms with Crippen LogP contribution in [0, 0.1) is 19.8 Å². The zero-order valence-corrected chi connectivity index (χ0v) is 22.4. The highest BCUT2D eigenvalue weighted by Crippen LogP contribution is 2.50. The number of halogens is 3. The lowest BCUT2D eigenvalue weighted by Gasteiger charge is -2.15. The number of aryl methyl sites for hydroxylation is 3. The van der Waals surface area contributed by atoms with Crippen molar-refractivity contribution in [2.24, 2.45) is 13.0 Å². The second kappa shape index (κ2) is 8.72. The fourth-order valence-electron chi connectivity index (χ4n) is 6.09. The van der Waals surface area contributed by atoms with Gasteiger partial charge in [0.2, 0.25) is 5.69 Å². The Labute approximate surface area is 220 Å². The van der Waals surface area contributed by atoms with E-state index in [1.807, 2.05) is 42.6 Å². The maximum Gasteiger partial charge on any atom is 0.389 e. The molecule has 0 amide bonds. The zero-order chi connectivity index (χ0) is 26.9. The lowest BCUT2D eigenvalue weighted by molar-refractivity contribution is -0.672. The first-order valence-corrected chi connectivity index (χ1v) is 13.2. The van der Waals surface area contributed by atoms with Gasteiger partial charge in [0, 0.05) is 28.8 Å². The Morgan fingerprint density at radius 2 is 1.74 bits per heavy atom. The number of alkyl halides is 3. The standard InChI is InChI=1S/C33H31F3NO/c1-18(2)14-24-25-17-21(10-12-33(34,35)36)16-22-11-13-37(5)31(29(22)25)30(24)28-20(4)19(3)15-26-23-8-6-7-9-27(23)38-32(26)28/h6-9,11,13,15-18H,10,12,14H2,1-5H3/q+1. The largest absolute Gasteiger partial charge is 0.455 e. The molecule has 0 bridgehead atoms. The highest BCUT2D eigenvalue weighted by atomic mass is 19.4. The van der Waals surface area contributed by atoms with Crippen LogP contribution in [0.1, 0.15) is 60.2 Å². The van der Waals surface area contributed by atoms with Gasteiger partial charge in [0.15, 0.2) is 6.20 Å². The molecule has 0 saturated heterocycles. The van der Waals surface area contributed by atoms with Crippen molar-refractivity contribution < 1.29 is 22.2 Å². The highest BCUT2D eigenvalue weighted by Gasteiger charge is 2.36. The first-order valence-electron chi connectivity index (χ1n) is 13.2. The molecule has 0 fully saturated rings. The van der Waals surface area contributed by atoms with E-state index in [1.165, 1.54) is 11.1 Å². The third kappa shape index (κ3) is 3.91. The van der Waals surface area contributed by atoms with Gasteiger partial charge < -0.3 is 4.42 Å². The van der Waals surface area contributed by atoms with Crippen molar-refractivity contribution in [1.82, 2.24) is 0 Å². The SMILES string of the molecule is Cc1cc2c(oc3ccccc32)c(C2=C(CC(C)C)c3cc(CCC(F)(F)F)cc4cc[n+](C)c2c34)c1C. The van der Waals surface area contributed by atoms with Gasteiger partial charge >= 0.3 is 6.18 Å². The van der Waals surface area contributed by atoms with E-state index in [0.717, 1.165) is 72.7 Å². The lowest BCUT2D eigenvalue weighted by atomic mass is 9.88. The van der Waals surface area contributed by atoms with Crippen molar-refractivity contribution >= 4 is 43.9 Å². The molecule has 0 spiro atoms. The minimum Gasteiger partial charge on any atom is -0.455 e. The summed E-state index contributed by atoms with van der Waals surface area (Å²) < 4.78 is 48.1. The molecule has 5 heteroatoms. The summed E-state index contributed by atoms with van der Waals surface area (Å²) >= 11 is 0. The second-order valence-electron chi connectivity index (χ2n) is 11.1. The molecule has 3 aromatic carbocycles. The molecule has 1 aliphatic carbocycles. The maximum atomic E-state index is 13.1. The van der Waals surface area contributed by atoms with Crippen LogP contribution in [-0.2, 0) is 13.5 Å². The molecule has 0 N–H and O–H groups in total. The minimum absolute atomic E-state index is 0.0234. The number of nitrogens with zero attached hydrogens (tertiary/aromatic N) is 1. The van der Waals surface area contributed by atoms with E-state index >= 15 is 0 Å². The topological polar surface area (TPSA) is 17.0 Å². The molecule has 2 heterocycles. The lowest BCUT2D eigenvalue weighted by Crippen LogP contribution is -2.32. The van der Waals surface area contributed by atoms with Crippen molar-refractivity contribution in [2.75, 3.05) is 0 Å². The van der Waals surface area contributed by atoms with E-state index in [0.29, 0.717) is 5.92 Å². The normalized spacial score (nSPS) is 13.7. The molecule has 1 aliphatic rings. The Morgan fingerprint density at radius 3 is 2.47 bits per heavy atom. The Bertz CT molecular complexity index is 1790. The van der Waals surface area contributed by atoms with Gasteiger partial charge in [-0.25, -0.2) is 4.57 Å². The van der Waals surface area contributed by atoms with E-state index in [1.54, 1.807) is 0 Å². The van der Waals surface area contributed by atoms with Gasteiger partial charge in [0.1, 0.15) is 18.2 Å². The fourth-order valence-corrected chi connectivity index (χ4v) is 6.09. The summed E-state index contributed by atoms with van der Waals surface area (Å²) in [6.45, 7) is 8.67. The number of hydrogen-bond donors (Lipinski definition) is 0. The molecule has 0 unspecified atom stereocenters. The summed E-state index contributed by atoms with van der Waals surface area (Å²) in [5, 5.41) is 4.27. The van der Waals surface area contributed by atoms with Crippen LogP contribution in [-0.4, -0.2) is 6.18 Å². The van der Waals surface area contributed by atoms with Crippen LogP contribution in [0.3, 0.4) is 0 Å². The van der Waals surface area contributed by atoms with Crippen LogP contribution < -0.4 is 4.57 Å². The Hall–Kier alpha value is -3.60. The number of furan rings is 1. The summed E-state index contributed by atoms with van der Waals surface area (Å²) in [6.07, 6.45) is -2.19. The number of hydrogen-bond acceptors (Lipinski definition) is 1. The first kappa shape index (κ1) is 24.7. The van der Waals surface area contributed by atoms with Crippen LogP contribution in [0.25, 0.3) is 43.9 Å². The van der Waals surface area contributed by atoms with Crippen molar-refractivity contribution in [3.63, 3.8) is 0 Å². The predicted molar refractivity (Wildman–Crippen MR) is 148 cm³/mol. The molecular weight excluding hydrogens is 483 g/mol. The molecule has 0 radical (unpaired) electrons. The zero-order valence-electron chi connectivity index (χ0n) is 22.4. The molecule has 38 heavy (non-hydrogen) atoms. The third-order valence-corrected chi connectivity index (χ3v) is 7.91. The van der Waals surface area contributed by atoms with Crippen molar-refractivity contribution in [2.45, 2.75) is 53.1 Å². The molecule has 2 aromatic heterocycles. The van der Waals surface area contributed by atoms with Crippen molar-refractivity contribution in [1.29, 1.82) is 0 Å². The van der Waals surface area contributed by atoms with Gasteiger partial charge in [0.25, 0.3) is 0 Å². The molecule has 194 valence electrons. The van der Waals surface area contributed by atoms with Gasteiger partial charge in [-0.2, -0.15) is 13.2 Å². The van der Waals surface area contributed by atoms with Crippen LogP contribution >= 0.6 is 0 Å². The van der Waals surface area contributed by atoms with Crippen LogP contribution in [0.4, 0.5) is 13.2 Å². The van der Waals surface area contributed by atoms with Gasteiger partial charge in [-0.15, -0.1) is 0 Å². The number of para-hydroxylation sites is 1. The van der Waals surface area contributed by atoms with Crippen LogP contribution in [0.2, 0.25) is 0 Å². The Morgan fingerprint density at radius 1 is 0.974 bits per heavy atom. The number of allylic oxidation sites excluding steroid dienone is 1. The van der Waals surface area contributed by atoms with E-state index in [-0.39, 0.29) is 6.42 Å². The number of aromatic nitrogens is 1. The Kier molecular flexibility index (Phi) is 5.67. The smallest absolute Gasteiger partial charge is 0.389 e. The number of rotatable bonds is 5. The van der Waals surface area contributed by atoms with Gasteiger partial charge in [-0.3, -0.25) is 0 Å². The molecule has 0 atom stereocenters. The molecule has 0 saturated carbocycles. The molecule has 0 aliphatic heterocycles. The fraction of sp³-hybridized carbons (Fsp3) is 0.303. The first-order chi connectivity index (χ1) is 18.0. The molecule has 2 nitrogen and oxygen atoms in total. The van der Waals surface area contributed by atoms with Gasteiger partial charge in [-0.05, 0) is 78.0 Å². The molecular formula is C33H31F3NO+. The van der Waals surface area contributed by atoms with Crippen LogP contribution in [0.5, 0.6) is 0 Å². The van der Waals surface area contributed by atoms with E-state index < -0.39 is 12.6 Å². The quantitative estimate of drug-likeness (QED) is 0.214. The molecule has 6 rings (SSSR count). The highest BCUT2D eigenvalue weighted by molar-refractivity contribution is 6.20. The van der Waals surface area contributed by atoms with E-state index in [4.69, 9.17) is 4.42 Å². The number of benzene rings is 3. The van der Waals surface area contributed by atoms with E-state index in [9.17, 15) is 13.2 Å². The monoisotopic (exact) mass is 514 g/mol. The van der Waals surface area contributed by atoms with Crippen molar-refractivity contribution in [3.8, 4) is 0 Å². The summed E-state index contributed by atoms with van der Waals surface area (Å²) in [5.74, 6) is 0.366. The van der Waals surface area contributed by atoms with Gasteiger partial charge in [-0.1, -0.05) is 44.2 Å². The van der Waals surface area contributed by atoms with Gasteiger partial charge in [0.05, 0.1) is 11.0 Å². The summed E-state index contributed by atoms with van der Waals surface area (Å²) in [6, 6.07) is 16.3. The number of pyridine rings is 1. The summed E-state index contributed by atoms with van der Waals surface area (Å²) in [4.78, 5) is 0. The second-order valence-corrected chi connectivity index (χ2v) is 11.1. The summed E-state index contributed by atoms with van der Waals surface area (Å²) in [7, 11) is 2.05. The van der Waals surface area contributed by atoms with Crippen molar-refractivity contribution in [3.05, 3.63) is 88.2 Å². The predicted octanol–water partition coefficient (Wildman–Crippen LogP) is 8.99. The average molecular weight is 515 g/mol. The molecule has 5 aromatic rings. The summed E-state index contributed by atoms with van der Waals surface area (Å²) in [5.41, 5.74) is 10.4. The Balaban J connectivity index is 1.71. The maximum absolute atomic E-state index is 13.1. The van der Waals surface area contributed by atoms with E-state index in [2.05, 4.69) is 51.4 Å².